The highest BCUT2D eigenvalue weighted by Gasteiger charge is 2.20. The third-order valence-electron chi connectivity index (χ3n) is 4.48. The molecule has 29 heavy (non-hydrogen) atoms. The zero-order valence-electron chi connectivity index (χ0n) is 16.3. The smallest absolute Gasteiger partial charge is 0.359 e. The Bertz CT molecular complexity index is 1150. The molecule has 0 fully saturated rings. The van der Waals surface area contributed by atoms with Gasteiger partial charge < -0.3 is 15.2 Å². The van der Waals surface area contributed by atoms with E-state index < -0.39 is 24.0 Å². The van der Waals surface area contributed by atoms with Gasteiger partial charge in [0.25, 0.3) is 11.5 Å². The first-order valence-electron chi connectivity index (χ1n) is 8.91. The topological polar surface area (TPSA) is 128 Å². The van der Waals surface area contributed by atoms with E-state index in [4.69, 9.17) is 9.84 Å². The molecule has 0 aliphatic rings. The molecule has 152 valence electrons. The molecule has 3 aromatic rings. The number of aryl methyl sites for hydroxylation is 2. The van der Waals surface area contributed by atoms with E-state index in [2.05, 4.69) is 15.5 Å². The number of fused-ring (bicyclic) bond motifs is 1. The lowest BCUT2D eigenvalue weighted by Gasteiger charge is -2.10. The number of amides is 1. The van der Waals surface area contributed by atoms with Crippen molar-refractivity contribution < 1.29 is 19.4 Å². The summed E-state index contributed by atoms with van der Waals surface area (Å²) in [6, 6.07) is 6.46. The van der Waals surface area contributed by atoms with Crippen molar-refractivity contribution in [3.63, 3.8) is 0 Å². The van der Waals surface area contributed by atoms with Gasteiger partial charge in [0.15, 0.2) is 12.3 Å². The van der Waals surface area contributed by atoms with E-state index in [-0.39, 0.29) is 24.2 Å². The van der Waals surface area contributed by atoms with Gasteiger partial charge in [-0.15, -0.1) is 0 Å². The Balaban J connectivity index is 1.80. The van der Waals surface area contributed by atoms with Crippen LogP contribution in [-0.4, -0.2) is 49.8 Å². The number of aliphatic hydroxyl groups is 1. The van der Waals surface area contributed by atoms with Gasteiger partial charge >= 0.3 is 5.97 Å². The standard InChI is InChI=1S/C19H21N5O5/c1-11-16(12(2)23(3)21-11)20-15(26)10-29-19(28)17-13-6-4-5-7-14(13)18(27)24(22-17)8-9-25/h4-7,25H,8-10H2,1-3H3,(H,20,26). The molecule has 0 atom stereocenters. The normalized spacial score (nSPS) is 10.9. The van der Waals surface area contributed by atoms with Crippen LogP contribution in [0.2, 0.25) is 0 Å². The molecule has 0 aliphatic heterocycles. The van der Waals surface area contributed by atoms with Crippen LogP contribution < -0.4 is 10.9 Å². The van der Waals surface area contributed by atoms with Crippen LogP contribution in [0.5, 0.6) is 0 Å². The molecular weight excluding hydrogens is 378 g/mol. The summed E-state index contributed by atoms with van der Waals surface area (Å²) in [6.45, 7) is 2.66. The maximum Gasteiger partial charge on any atom is 0.359 e. The monoisotopic (exact) mass is 399 g/mol. The summed E-state index contributed by atoms with van der Waals surface area (Å²) in [7, 11) is 1.76. The van der Waals surface area contributed by atoms with E-state index in [1.165, 1.54) is 0 Å². The predicted molar refractivity (Wildman–Crippen MR) is 105 cm³/mol. The van der Waals surface area contributed by atoms with Gasteiger partial charge in [0.2, 0.25) is 0 Å². The first-order valence-corrected chi connectivity index (χ1v) is 8.91. The summed E-state index contributed by atoms with van der Waals surface area (Å²) < 4.78 is 7.75. The molecule has 0 bridgehead atoms. The quantitative estimate of drug-likeness (QED) is 0.579. The molecule has 3 rings (SSSR count). The predicted octanol–water partition coefficient (Wildman–Crippen LogP) is 0.535. The van der Waals surface area contributed by atoms with Gasteiger partial charge in [0, 0.05) is 12.4 Å². The maximum absolute atomic E-state index is 12.6. The number of esters is 1. The minimum Gasteiger partial charge on any atom is -0.451 e. The van der Waals surface area contributed by atoms with E-state index in [1.54, 1.807) is 42.9 Å². The van der Waals surface area contributed by atoms with E-state index in [9.17, 15) is 14.4 Å². The number of ether oxygens (including phenoxy) is 1. The Morgan fingerprint density at radius 3 is 2.48 bits per heavy atom. The molecule has 10 heteroatoms. The average Bonchev–Trinajstić information content (AvgIpc) is 2.94. The number of carbonyl (C=O) groups is 2. The van der Waals surface area contributed by atoms with E-state index in [0.29, 0.717) is 16.8 Å². The zero-order chi connectivity index (χ0) is 21.1. The summed E-state index contributed by atoms with van der Waals surface area (Å²) >= 11 is 0. The van der Waals surface area contributed by atoms with Crippen LogP contribution in [-0.2, 0) is 23.1 Å². The van der Waals surface area contributed by atoms with Crippen LogP contribution in [0.1, 0.15) is 21.9 Å². The Morgan fingerprint density at radius 1 is 1.17 bits per heavy atom. The van der Waals surface area contributed by atoms with Crippen molar-refractivity contribution in [3.8, 4) is 0 Å². The molecule has 2 N–H and O–H groups in total. The van der Waals surface area contributed by atoms with Crippen molar-refractivity contribution in [1.29, 1.82) is 0 Å². The summed E-state index contributed by atoms with van der Waals surface area (Å²) in [5.74, 6) is -1.37. The largest absolute Gasteiger partial charge is 0.451 e. The fourth-order valence-electron chi connectivity index (χ4n) is 2.96. The highest BCUT2D eigenvalue weighted by atomic mass is 16.5. The van der Waals surface area contributed by atoms with Gasteiger partial charge in [-0.1, -0.05) is 18.2 Å². The number of hydrogen-bond donors (Lipinski definition) is 2. The fourth-order valence-corrected chi connectivity index (χ4v) is 2.96. The maximum atomic E-state index is 12.6. The zero-order valence-corrected chi connectivity index (χ0v) is 16.3. The van der Waals surface area contributed by atoms with E-state index in [1.807, 2.05) is 6.92 Å². The lowest BCUT2D eigenvalue weighted by atomic mass is 10.1. The van der Waals surface area contributed by atoms with Crippen molar-refractivity contribution in [2.24, 2.45) is 7.05 Å². The SMILES string of the molecule is Cc1nn(C)c(C)c1NC(=O)COC(=O)c1nn(CCO)c(=O)c2ccccc12. The van der Waals surface area contributed by atoms with Gasteiger partial charge in [-0.3, -0.25) is 14.3 Å². The average molecular weight is 399 g/mol. The molecule has 2 aromatic heterocycles. The molecule has 0 saturated carbocycles. The molecule has 0 aliphatic carbocycles. The number of hydrogen-bond acceptors (Lipinski definition) is 7. The van der Waals surface area contributed by atoms with Crippen LogP contribution in [0.15, 0.2) is 29.1 Å². The van der Waals surface area contributed by atoms with Crippen molar-refractivity contribution in [2.45, 2.75) is 20.4 Å². The number of carbonyl (C=O) groups excluding carboxylic acids is 2. The second-order valence-corrected chi connectivity index (χ2v) is 6.44. The number of anilines is 1. The molecular formula is C19H21N5O5. The summed E-state index contributed by atoms with van der Waals surface area (Å²) in [5, 5.41) is 20.6. The second kappa shape index (κ2) is 8.23. The Kier molecular flexibility index (Phi) is 5.74. The van der Waals surface area contributed by atoms with Crippen LogP contribution >= 0.6 is 0 Å². The highest BCUT2D eigenvalue weighted by molar-refractivity contribution is 6.03. The van der Waals surface area contributed by atoms with E-state index in [0.717, 1.165) is 10.4 Å². The fraction of sp³-hybridized carbons (Fsp3) is 0.316. The first-order chi connectivity index (χ1) is 13.8. The number of benzene rings is 1. The molecule has 0 spiro atoms. The van der Waals surface area contributed by atoms with Crippen molar-refractivity contribution in [2.75, 3.05) is 18.5 Å². The lowest BCUT2D eigenvalue weighted by Crippen LogP contribution is -2.28. The Labute approximate surface area is 165 Å². The minimum atomic E-state index is -0.845. The second-order valence-electron chi connectivity index (χ2n) is 6.44. The first kappa shape index (κ1) is 20.2. The van der Waals surface area contributed by atoms with Crippen LogP contribution in [0, 0.1) is 13.8 Å². The number of aliphatic hydroxyl groups excluding tert-OH is 1. The highest BCUT2D eigenvalue weighted by Crippen LogP contribution is 2.18. The van der Waals surface area contributed by atoms with Crippen LogP contribution in [0.25, 0.3) is 10.8 Å². The van der Waals surface area contributed by atoms with Crippen LogP contribution in [0.4, 0.5) is 5.69 Å². The minimum absolute atomic E-state index is 0.0655. The van der Waals surface area contributed by atoms with Gasteiger partial charge in [-0.2, -0.15) is 10.2 Å². The van der Waals surface area contributed by atoms with E-state index >= 15 is 0 Å². The van der Waals surface area contributed by atoms with Gasteiger partial charge in [-0.25, -0.2) is 9.48 Å². The van der Waals surface area contributed by atoms with Crippen molar-refractivity contribution >= 4 is 28.3 Å². The van der Waals surface area contributed by atoms with Crippen molar-refractivity contribution in [1.82, 2.24) is 19.6 Å². The van der Waals surface area contributed by atoms with Crippen LogP contribution in [0.3, 0.4) is 0 Å². The molecule has 1 amide bonds. The molecule has 1 aromatic carbocycles. The number of nitrogens with one attached hydrogen (secondary N) is 1. The third kappa shape index (κ3) is 4.02. The third-order valence-corrected chi connectivity index (χ3v) is 4.48. The summed E-state index contributed by atoms with van der Waals surface area (Å²) in [6.07, 6.45) is 0. The van der Waals surface area contributed by atoms with Gasteiger partial charge in [-0.05, 0) is 19.9 Å². The number of nitrogens with zero attached hydrogens (tertiary/aromatic N) is 4. The Morgan fingerprint density at radius 2 is 1.86 bits per heavy atom. The molecule has 0 radical (unpaired) electrons. The van der Waals surface area contributed by atoms with Gasteiger partial charge in [0.05, 0.1) is 35.6 Å². The molecule has 0 saturated heterocycles. The molecule has 2 heterocycles. The molecule has 0 unspecified atom stereocenters. The summed E-state index contributed by atoms with van der Waals surface area (Å²) in [4.78, 5) is 37.2. The Hall–Kier alpha value is -3.53. The summed E-state index contributed by atoms with van der Waals surface area (Å²) in [5.41, 5.74) is 1.45. The molecule has 10 nitrogen and oxygen atoms in total. The number of aromatic nitrogens is 4. The lowest BCUT2D eigenvalue weighted by molar-refractivity contribution is -0.119. The van der Waals surface area contributed by atoms with Crippen molar-refractivity contribution in [3.05, 3.63) is 51.7 Å². The van der Waals surface area contributed by atoms with Gasteiger partial charge in [0.1, 0.15) is 0 Å². The number of rotatable bonds is 6.